The molecule has 0 unspecified atom stereocenters. The Morgan fingerprint density at radius 1 is 0.429 bits per heavy atom. The summed E-state index contributed by atoms with van der Waals surface area (Å²) < 4.78 is 13.6. The molecule has 3 nitrogen and oxygen atoms in total. The van der Waals surface area contributed by atoms with Crippen LogP contribution in [0.15, 0.2) is 238 Å². The molecule has 0 aliphatic rings. The van der Waals surface area contributed by atoms with Crippen molar-refractivity contribution in [3.8, 4) is 0 Å². The van der Waals surface area contributed by atoms with Crippen LogP contribution in [0.1, 0.15) is 11.1 Å². The third kappa shape index (κ3) is 8.18. The number of benzene rings is 10. The molecule has 0 saturated heterocycles. The molecule has 336 valence electrons. The van der Waals surface area contributed by atoms with Crippen LogP contribution >= 0.6 is 54.5 Å². The molecule has 3 heterocycles. The zero-order valence-corrected chi connectivity index (χ0v) is 42.7. The number of aryl methyl sites for hydroxylation is 1. The molecule has 0 N–H and O–H groups in total. The quantitative estimate of drug-likeness (QED) is 0.141. The molecule has 0 radical (unpaired) electrons. The molecule has 0 bridgehead atoms. The number of anilines is 6. The number of nitrogens with zero attached hydrogens (tertiary/aromatic N) is 2. The first kappa shape index (κ1) is 44.0. The average Bonchev–Trinajstić information content (AvgIpc) is 4.06. The molecular weight excluding hydrogens is 1020 g/mol. The third-order valence-electron chi connectivity index (χ3n) is 12.9. The highest BCUT2D eigenvalue weighted by Gasteiger charge is 2.20. The Labute approximate surface area is 430 Å². The second kappa shape index (κ2) is 18.6. The Hall–Kier alpha value is -7.26. The van der Waals surface area contributed by atoms with Crippen LogP contribution in [-0.2, 0) is 0 Å². The van der Waals surface area contributed by atoms with E-state index >= 15 is 0 Å². The minimum atomic E-state index is 0.878. The molecule has 0 atom stereocenters. The lowest BCUT2D eigenvalue weighted by atomic mass is 10.0. The minimum absolute atomic E-state index is 0.878. The number of allylic oxidation sites excluding steroid dienone is 2. The maximum Gasteiger partial charge on any atom is 0.137 e. The molecule has 0 aliphatic carbocycles. The second-order valence-corrected chi connectivity index (χ2v) is 21.3. The maximum atomic E-state index is 6.33. The van der Waals surface area contributed by atoms with Crippen LogP contribution in [0.2, 0.25) is 0 Å². The predicted molar refractivity (Wildman–Crippen MR) is 312 cm³/mol. The first-order valence-electron chi connectivity index (χ1n) is 23.0. The van der Waals surface area contributed by atoms with Crippen molar-refractivity contribution in [3.63, 3.8) is 0 Å². The van der Waals surface area contributed by atoms with Gasteiger partial charge in [-0.25, -0.2) is 0 Å². The number of fused-ring (bicyclic) bond motifs is 10. The zero-order chi connectivity index (χ0) is 47.3. The molecule has 0 spiro atoms. The van der Waals surface area contributed by atoms with Gasteiger partial charge in [-0.05, 0) is 132 Å². The van der Waals surface area contributed by atoms with Gasteiger partial charge in [-0.1, -0.05) is 148 Å². The van der Waals surface area contributed by atoms with Crippen molar-refractivity contribution in [2.75, 3.05) is 9.80 Å². The Bertz CT molecular complexity index is 4170. The van der Waals surface area contributed by atoms with Crippen LogP contribution in [0.4, 0.5) is 34.1 Å². The van der Waals surface area contributed by atoms with Gasteiger partial charge in [0.05, 0.1) is 5.69 Å². The fourth-order valence-electron chi connectivity index (χ4n) is 9.62. The number of rotatable bonds is 8. The van der Waals surface area contributed by atoms with Crippen molar-refractivity contribution in [1.29, 1.82) is 0 Å². The molecule has 70 heavy (non-hydrogen) atoms. The molecular formula is C63H42Br2N2OS2. The zero-order valence-electron chi connectivity index (χ0n) is 37.9. The smallest absolute Gasteiger partial charge is 0.137 e. The van der Waals surface area contributed by atoms with E-state index in [1.807, 2.05) is 40.9 Å². The number of halogens is 2. The fraction of sp³-hybridized carbons (Fsp3) is 0.0159. The van der Waals surface area contributed by atoms with Gasteiger partial charge < -0.3 is 14.2 Å². The summed E-state index contributed by atoms with van der Waals surface area (Å²) in [7, 11) is 0. The van der Waals surface area contributed by atoms with Gasteiger partial charge in [0.1, 0.15) is 11.2 Å². The predicted octanol–water partition coefficient (Wildman–Crippen LogP) is 21.1. The maximum absolute atomic E-state index is 6.33. The van der Waals surface area contributed by atoms with Gasteiger partial charge in [-0.3, -0.25) is 0 Å². The third-order valence-corrected chi connectivity index (χ3v) is 16.2. The van der Waals surface area contributed by atoms with Crippen LogP contribution in [0.3, 0.4) is 0 Å². The molecule has 0 saturated carbocycles. The highest BCUT2D eigenvalue weighted by molar-refractivity contribution is 9.10. The number of furan rings is 1. The Kier molecular flexibility index (Phi) is 11.7. The molecule has 10 aromatic carbocycles. The van der Waals surface area contributed by atoms with Gasteiger partial charge in [0.25, 0.3) is 0 Å². The minimum Gasteiger partial charge on any atom is -0.456 e. The van der Waals surface area contributed by atoms with Crippen molar-refractivity contribution in [3.05, 3.63) is 245 Å². The monoisotopic (exact) mass is 1060 g/mol. The van der Waals surface area contributed by atoms with Gasteiger partial charge in [-0.15, -0.1) is 22.7 Å². The summed E-state index contributed by atoms with van der Waals surface area (Å²) in [6, 6.07) is 73.7. The standard InChI is InChI=1S/C34H20BrNOS.C29H22BrNS/c35-23-10-14-27-28-15-12-26(20-32(28)37-31(27)18-23)36(24-11-9-21-5-1-2-6-22(21)17-24)25-13-16-34-30(19-25)29-7-3-4-8-33(29)38-34;1-3-4-12-24-20(2)9-8-13-27(24)31(22-10-6-5-7-11-22)23-15-17-26-25-16-14-21(30)18-28(25)32-29(26)19-23/h1-20H;3-19H,1H2,2H3/b;12-4-. The molecule has 13 rings (SSSR count). The van der Waals surface area contributed by atoms with Crippen molar-refractivity contribution in [2.45, 2.75) is 6.92 Å². The summed E-state index contributed by atoms with van der Waals surface area (Å²) in [6.07, 6.45) is 5.97. The van der Waals surface area contributed by atoms with E-state index in [-0.39, 0.29) is 0 Å². The summed E-state index contributed by atoms with van der Waals surface area (Å²) >= 11 is 10.9. The van der Waals surface area contributed by atoms with Gasteiger partial charge in [-0.2, -0.15) is 0 Å². The van der Waals surface area contributed by atoms with E-state index in [1.165, 1.54) is 62.2 Å². The summed E-state index contributed by atoms with van der Waals surface area (Å²) in [5.41, 5.74) is 10.9. The molecule has 7 heteroatoms. The normalized spacial score (nSPS) is 11.6. The molecule has 0 fully saturated rings. The summed E-state index contributed by atoms with van der Waals surface area (Å²) in [4.78, 5) is 4.68. The lowest BCUT2D eigenvalue weighted by Gasteiger charge is -2.28. The first-order chi connectivity index (χ1) is 34.4. The Morgan fingerprint density at radius 2 is 1.01 bits per heavy atom. The Balaban J connectivity index is 0.000000147. The van der Waals surface area contributed by atoms with E-state index in [1.54, 1.807) is 0 Å². The number of hydrogen-bond donors (Lipinski definition) is 0. The summed E-state index contributed by atoms with van der Waals surface area (Å²) in [5, 5.41) is 9.86. The van der Waals surface area contributed by atoms with E-state index in [4.69, 9.17) is 4.42 Å². The van der Waals surface area contributed by atoms with Crippen LogP contribution in [0, 0.1) is 6.92 Å². The van der Waals surface area contributed by atoms with Crippen molar-refractivity contribution < 1.29 is 4.42 Å². The lowest BCUT2D eigenvalue weighted by molar-refractivity contribution is 0.668. The van der Waals surface area contributed by atoms with Gasteiger partial charge in [0, 0.05) is 100 Å². The van der Waals surface area contributed by atoms with Crippen molar-refractivity contribution in [1.82, 2.24) is 0 Å². The van der Waals surface area contributed by atoms with Crippen LogP contribution in [-0.4, -0.2) is 0 Å². The van der Waals surface area contributed by atoms with E-state index in [9.17, 15) is 0 Å². The van der Waals surface area contributed by atoms with Gasteiger partial charge >= 0.3 is 0 Å². The molecule has 0 aliphatic heterocycles. The summed E-state index contributed by atoms with van der Waals surface area (Å²) in [5.74, 6) is 0. The SMILES string of the molecule is Brc1ccc2c(c1)oc1cc(N(c3ccc4ccccc4c3)c3ccc4sc5ccccc5c4c3)ccc12.C=C/C=C\c1c(C)cccc1N(c1ccccc1)c1ccc2c(c1)sc1cc(Br)ccc12. The fourth-order valence-corrected chi connectivity index (χ4v) is 12.7. The molecule has 0 amide bonds. The largest absolute Gasteiger partial charge is 0.456 e. The molecule has 3 aromatic heterocycles. The average molecular weight is 1070 g/mol. The van der Waals surface area contributed by atoms with Crippen molar-refractivity contribution >= 4 is 168 Å². The van der Waals surface area contributed by atoms with Crippen LogP contribution in [0.5, 0.6) is 0 Å². The first-order valence-corrected chi connectivity index (χ1v) is 26.3. The van der Waals surface area contributed by atoms with Gasteiger partial charge in [0.2, 0.25) is 0 Å². The number of para-hydroxylation sites is 1. The van der Waals surface area contributed by atoms with E-state index in [2.05, 4.69) is 261 Å². The van der Waals surface area contributed by atoms with Crippen LogP contribution < -0.4 is 9.80 Å². The topological polar surface area (TPSA) is 19.6 Å². The second-order valence-electron chi connectivity index (χ2n) is 17.3. The van der Waals surface area contributed by atoms with Crippen molar-refractivity contribution in [2.24, 2.45) is 0 Å². The van der Waals surface area contributed by atoms with E-state index in [0.29, 0.717) is 0 Å². The highest BCUT2D eigenvalue weighted by atomic mass is 79.9. The number of hydrogen-bond acceptors (Lipinski definition) is 5. The van der Waals surface area contributed by atoms with Crippen LogP contribution in [0.25, 0.3) is 79.1 Å². The number of thiophene rings is 2. The summed E-state index contributed by atoms with van der Waals surface area (Å²) in [6.45, 7) is 6.01. The lowest BCUT2D eigenvalue weighted by Crippen LogP contribution is -2.11. The van der Waals surface area contributed by atoms with Gasteiger partial charge in [0.15, 0.2) is 0 Å². The van der Waals surface area contributed by atoms with E-state index < -0.39 is 0 Å². The molecule has 13 aromatic rings. The van der Waals surface area contributed by atoms with E-state index in [0.717, 1.165) is 65.0 Å². The Morgan fingerprint density at radius 3 is 1.84 bits per heavy atom. The highest BCUT2D eigenvalue weighted by Crippen LogP contribution is 2.45.